The minimum atomic E-state index is -0.275. The van der Waals surface area contributed by atoms with Gasteiger partial charge in [-0.25, -0.2) is 4.39 Å². The zero-order chi connectivity index (χ0) is 11.5. The highest BCUT2D eigenvalue weighted by molar-refractivity contribution is 5.28. The second-order valence-electron chi connectivity index (χ2n) is 3.75. The fourth-order valence-electron chi connectivity index (χ4n) is 1.69. The summed E-state index contributed by atoms with van der Waals surface area (Å²) < 4.78 is 13.0. The Kier molecular flexibility index (Phi) is 2.86. The van der Waals surface area contributed by atoms with E-state index in [9.17, 15) is 9.18 Å². The van der Waals surface area contributed by atoms with Gasteiger partial charge in [0, 0.05) is 29.9 Å². The standard InChI is InChI=1S/C13H12FNO/c1-9-12(13(16)5-6-15-9)8-10-3-2-4-11(14)7-10/h2-7H,8H2,1H3,(H,15,16). The molecule has 0 saturated heterocycles. The van der Waals surface area contributed by atoms with Gasteiger partial charge < -0.3 is 4.98 Å². The molecule has 2 nitrogen and oxygen atoms in total. The first kappa shape index (κ1) is 10.6. The van der Waals surface area contributed by atoms with E-state index in [1.54, 1.807) is 12.3 Å². The van der Waals surface area contributed by atoms with Gasteiger partial charge in [-0.1, -0.05) is 12.1 Å². The van der Waals surface area contributed by atoms with Crippen molar-refractivity contribution in [1.82, 2.24) is 4.98 Å². The van der Waals surface area contributed by atoms with Crippen LogP contribution in [0.4, 0.5) is 4.39 Å². The van der Waals surface area contributed by atoms with Crippen LogP contribution in [0.1, 0.15) is 16.8 Å². The van der Waals surface area contributed by atoms with Gasteiger partial charge in [-0.2, -0.15) is 0 Å². The number of hydrogen-bond acceptors (Lipinski definition) is 1. The third kappa shape index (κ3) is 2.19. The van der Waals surface area contributed by atoms with Crippen LogP contribution in [0.2, 0.25) is 0 Å². The van der Waals surface area contributed by atoms with Gasteiger partial charge in [-0.15, -0.1) is 0 Å². The summed E-state index contributed by atoms with van der Waals surface area (Å²) in [4.78, 5) is 14.6. The van der Waals surface area contributed by atoms with Crippen LogP contribution in [0.5, 0.6) is 0 Å². The van der Waals surface area contributed by atoms with E-state index < -0.39 is 0 Å². The van der Waals surface area contributed by atoms with Crippen molar-refractivity contribution in [3.05, 3.63) is 69.4 Å². The minimum Gasteiger partial charge on any atom is -0.365 e. The normalized spacial score (nSPS) is 10.4. The summed E-state index contributed by atoms with van der Waals surface area (Å²) in [6, 6.07) is 7.80. The number of aryl methyl sites for hydroxylation is 1. The number of aromatic nitrogens is 1. The Morgan fingerprint density at radius 3 is 2.81 bits per heavy atom. The summed E-state index contributed by atoms with van der Waals surface area (Å²) >= 11 is 0. The Balaban J connectivity index is 2.38. The lowest BCUT2D eigenvalue weighted by atomic mass is 10.0. The Morgan fingerprint density at radius 1 is 1.31 bits per heavy atom. The number of halogens is 1. The van der Waals surface area contributed by atoms with Gasteiger partial charge in [0.15, 0.2) is 5.43 Å². The molecule has 3 heteroatoms. The molecule has 0 amide bonds. The maximum Gasteiger partial charge on any atom is 0.185 e. The van der Waals surface area contributed by atoms with E-state index in [0.29, 0.717) is 12.0 Å². The molecule has 16 heavy (non-hydrogen) atoms. The fourth-order valence-corrected chi connectivity index (χ4v) is 1.69. The predicted molar refractivity (Wildman–Crippen MR) is 61.0 cm³/mol. The molecule has 0 aliphatic carbocycles. The van der Waals surface area contributed by atoms with Crippen molar-refractivity contribution in [3.63, 3.8) is 0 Å². The summed E-state index contributed by atoms with van der Waals surface area (Å²) in [5.74, 6) is -0.275. The van der Waals surface area contributed by atoms with Gasteiger partial charge in [0.25, 0.3) is 0 Å². The third-order valence-corrected chi connectivity index (χ3v) is 2.55. The average molecular weight is 217 g/mol. The summed E-state index contributed by atoms with van der Waals surface area (Å²) in [7, 11) is 0. The first-order valence-corrected chi connectivity index (χ1v) is 5.08. The van der Waals surface area contributed by atoms with E-state index in [-0.39, 0.29) is 11.2 Å². The van der Waals surface area contributed by atoms with Crippen molar-refractivity contribution in [2.75, 3.05) is 0 Å². The van der Waals surface area contributed by atoms with E-state index >= 15 is 0 Å². The van der Waals surface area contributed by atoms with E-state index in [0.717, 1.165) is 11.3 Å². The molecular weight excluding hydrogens is 205 g/mol. The summed E-state index contributed by atoms with van der Waals surface area (Å²) in [5.41, 5.74) is 2.31. The molecule has 0 radical (unpaired) electrons. The number of benzene rings is 1. The topological polar surface area (TPSA) is 32.9 Å². The molecule has 1 heterocycles. The van der Waals surface area contributed by atoms with E-state index in [4.69, 9.17) is 0 Å². The molecule has 1 N–H and O–H groups in total. The molecule has 1 aromatic heterocycles. The van der Waals surface area contributed by atoms with Crippen LogP contribution in [-0.2, 0) is 6.42 Å². The monoisotopic (exact) mass is 217 g/mol. The molecule has 82 valence electrons. The molecule has 0 unspecified atom stereocenters. The van der Waals surface area contributed by atoms with E-state index in [2.05, 4.69) is 4.98 Å². The highest BCUT2D eigenvalue weighted by atomic mass is 19.1. The summed E-state index contributed by atoms with van der Waals surface area (Å²) in [6.45, 7) is 1.84. The van der Waals surface area contributed by atoms with Crippen molar-refractivity contribution < 1.29 is 4.39 Å². The van der Waals surface area contributed by atoms with Gasteiger partial charge >= 0.3 is 0 Å². The van der Waals surface area contributed by atoms with E-state index in [1.807, 2.05) is 13.0 Å². The number of nitrogens with one attached hydrogen (secondary N) is 1. The van der Waals surface area contributed by atoms with Crippen LogP contribution in [0.15, 0.2) is 41.3 Å². The summed E-state index contributed by atoms with van der Waals surface area (Å²) in [6.07, 6.45) is 2.08. The Bertz CT molecular complexity index is 560. The predicted octanol–water partition coefficient (Wildman–Crippen LogP) is 2.41. The van der Waals surface area contributed by atoms with Crippen molar-refractivity contribution in [1.29, 1.82) is 0 Å². The third-order valence-electron chi connectivity index (χ3n) is 2.55. The van der Waals surface area contributed by atoms with Crippen LogP contribution in [-0.4, -0.2) is 4.98 Å². The molecule has 2 aromatic rings. The minimum absolute atomic E-state index is 0.0134. The van der Waals surface area contributed by atoms with Crippen molar-refractivity contribution >= 4 is 0 Å². The fraction of sp³-hybridized carbons (Fsp3) is 0.154. The molecule has 0 bridgehead atoms. The Hall–Kier alpha value is -1.90. The Labute approximate surface area is 92.8 Å². The quantitative estimate of drug-likeness (QED) is 0.823. The highest BCUT2D eigenvalue weighted by Gasteiger charge is 2.05. The largest absolute Gasteiger partial charge is 0.365 e. The molecule has 0 aliphatic heterocycles. The molecule has 0 fully saturated rings. The SMILES string of the molecule is Cc1[nH]ccc(=O)c1Cc1cccc(F)c1. The maximum atomic E-state index is 13.0. The molecule has 0 aliphatic rings. The second kappa shape index (κ2) is 4.31. The maximum absolute atomic E-state index is 13.0. The van der Waals surface area contributed by atoms with Crippen LogP contribution in [0, 0.1) is 12.7 Å². The van der Waals surface area contributed by atoms with Crippen LogP contribution in [0.3, 0.4) is 0 Å². The van der Waals surface area contributed by atoms with Crippen molar-refractivity contribution in [3.8, 4) is 0 Å². The molecule has 0 saturated carbocycles. The van der Waals surface area contributed by atoms with Crippen LogP contribution < -0.4 is 5.43 Å². The molecule has 0 spiro atoms. The van der Waals surface area contributed by atoms with Crippen LogP contribution >= 0.6 is 0 Å². The summed E-state index contributed by atoms with van der Waals surface area (Å²) in [5, 5.41) is 0. The highest BCUT2D eigenvalue weighted by Crippen LogP contribution is 2.09. The number of hydrogen-bond donors (Lipinski definition) is 1. The lowest BCUT2D eigenvalue weighted by Gasteiger charge is -2.04. The number of aromatic amines is 1. The van der Waals surface area contributed by atoms with E-state index in [1.165, 1.54) is 18.2 Å². The number of H-pyrrole nitrogens is 1. The van der Waals surface area contributed by atoms with Crippen molar-refractivity contribution in [2.24, 2.45) is 0 Å². The lowest BCUT2D eigenvalue weighted by Crippen LogP contribution is -2.11. The molecular formula is C13H12FNO. The van der Waals surface area contributed by atoms with Gasteiger partial charge in [-0.3, -0.25) is 4.79 Å². The molecule has 1 aromatic carbocycles. The van der Waals surface area contributed by atoms with Gasteiger partial charge in [0.1, 0.15) is 5.82 Å². The first-order chi connectivity index (χ1) is 7.66. The Morgan fingerprint density at radius 2 is 2.12 bits per heavy atom. The molecule has 0 atom stereocenters. The smallest absolute Gasteiger partial charge is 0.185 e. The number of rotatable bonds is 2. The zero-order valence-corrected chi connectivity index (χ0v) is 8.96. The molecule has 2 rings (SSSR count). The first-order valence-electron chi connectivity index (χ1n) is 5.08. The van der Waals surface area contributed by atoms with Gasteiger partial charge in [0.2, 0.25) is 0 Å². The number of pyridine rings is 1. The zero-order valence-electron chi connectivity index (χ0n) is 8.96. The second-order valence-corrected chi connectivity index (χ2v) is 3.75. The lowest BCUT2D eigenvalue weighted by molar-refractivity contribution is 0.626. The van der Waals surface area contributed by atoms with Crippen molar-refractivity contribution in [2.45, 2.75) is 13.3 Å². The van der Waals surface area contributed by atoms with Gasteiger partial charge in [-0.05, 0) is 24.6 Å². The van der Waals surface area contributed by atoms with Gasteiger partial charge in [0.05, 0.1) is 0 Å². The average Bonchev–Trinajstić information content (AvgIpc) is 2.24. The van der Waals surface area contributed by atoms with Crippen LogP contribution in [0.25, 0.3) is 0 Å².